The van der Waals surface area contributed by atoms with Crippen LogP contribution in [0.15, 0.2) is 23.1 Å². The van der Waals surface area contributed by atoms with Gasteiger partial charge in [0.2, 0.25) is 0 Å². The maximum atomic E-state index is 12.6. The molecule has 1 aromatic carbocycles. The Balaban J connectivity index is 1.46. The highest BCUT2D eigenvalue weighted by Crippen LogP contribution is 2.32. The van der Waals surface area contributed by atoms with Gasteiger partial charge in [-0.2, -0.15) is 0 Å². The number of carbonyl (C=O) groups is 1. The molecule has 1 saturated heterocycles. The SMILES string of the molecule is CSc1ccc2nc(N3CCN(C(=O)c4snnc4C)CC3)sc2c1. The van der Waals surface area contributed by atoms with E-state index >= 15 is 0 Å². The lowest BCUT2D eigenvalue weighted by atomic mass is 10.3. The van der Waals surface area contributed by atoms with Crippen LogP contribution < -0.4 is 4.90 Å². The topological polar surface area (TPSA) is 62.2 Å². The maximum absolute atomic E-state index is 12.6. The highest BCUT2D eigenvalue weighted by atomic mass is 32.2. The van der Waals surface area contributed by atoms with Crippen LogP contribution in [-0.4, -0.2) is 57.8 Å². The highest BCUT2D eigenvalue weighted by molar-refractivity contribution is 7.98. The van der Waals surface area contributed by atoms with Crippen molar-refractivity contribution in [2.45, 2.75) is 11.8 Å². The summed E-state index contributed by atoms with van der Waals surface area (Å²) in [5.41, 5.74) is 1.76. The number of anilines is 1. The third-order valence-electron chi connectivity index (χ3n) is 4.27. The van der Waals surface area contributed by atoms with Gasteiger partial charge in [-0.15, -0.1) is 16.9 Å². The molecule has 0 N–H and O–H groups in total. The van der Waals surface area contributed by atoms with E-state index in [0.717, 1.165) is 23.7 Å². The van der Waals surface area contributed by atoms with Crippen LogP contribution in [-0.2, 0) is 0 Å². The molecule has 0 spiro atoms. The maximum Gasteiger partial charge on any atom is 0.267 e. The van der Waals surface area contributed by atoms with E-state index in [9.17, 15) is 4.79 Å². The van der Waals surface area contributed by atoms with Crippen molar-refractivity contribution in [1.82, 2.24) is 19.5 Å². The smallest absolute Gasteiger partial charge is 0.267 e. The van der Waals surface area contributed by atoms with Crippen LogP contribution in [0.2, 0.25) is 0 Å². The molecule has 4 rings (SSSR count). The molecule has 9 heteroatoms. The molecule has 1 aliphatic heterocycles. The number of benzene rings is 1. The zero-order valence-electron chi connectivity index (χ0n) is 13.9. The lowest BCUT2D eigenvalue weighted by molar-refractivity contribution is 0.0750. The lowest BCUT2D eigenvalue weighted by Gasteiger charge is -2.34. The van der Waals surface area contributed by atoms with Crippen LogP contribution in [0.3, 0.4) is 0 Å². The fourth-order valence-corrected chi connectivity index (χ4v) is 5.02. The number of piperazine rings is 1. The summed E-state index contributed by atoms with van der Waals surface area (Å²) in [5.74, 6) is 0.0427. The zero-order chi connectivity index (χ0) is 17.4. The standard InChI is InChI=1S/C16H17N5OS3/c1-10-14(25-19-18-10)15(22)20-5-7-21(8-6-20)16-17-12-4-3-11(23-2)9-13(12)24-16/h3-4,9H,5-8H2,1-2H3. The van der Waals surface area contributed by atoms with Crippen LogP contribution in [0.25, 0.3) is 10.2 Å². The van der Waals surface area contributed by atoms with Gasteiger partial charge in [0, 0.05) is 31.1 Å². The Labute approximate surface area is 158 Å². The molecule has 0 radical (unpaired) electrons. The molecule has 3 heterocycles. The molecule has 0 atom stereocenters. The average Bonchev–Trinajstić information content (AvgIpc) is 3.26. The van der Waals surface area contributed by atoms with Gasteiger partial charge in [0.05, 0.1) is 15.9 Å². The van der Waals surface area contributed by atoms with E-state index in [2.05, 4.69) is 38.9 Å². The van der Waals surface area contributed by atoms with Crippen LogP contribution in [0.1, 0.15) is 15.4 Å². The number of fused-ring (bicyclic) bond motifs is 1. The molecular weight excluding hydrogens is 374 g/mol. The monoisotopic (exact) mass is 391 g/mol. The first-order chi connectivity index (χ1) is 12.2. The number of hydrogen-bond acceptors (Lipinski definition) is 8. The van der Waals surface area contributed by atoms with Crippen molar-refractivity contribution in [3.8, 4) is 0 Å². The molecule has 130 valence electrons. The quantitative estimate of drug-likeness (QED) is 0.639. The largest absolute Gasteiger partial charge is 0.345 e. The molecule has 1 aliphatic rings. The number of carbonyl (C=O) groups excluding carboxylic acids is 1. The average molecular weight is 392 g/mol. The summed E-state index contributed by atoms with van der Waals surface area (Å²) in [6.45, 7) is 4.82. The predicted octanol–water partition coefficient (Wildman–Crippen LogP) is 3.14. The Hall–Kier alpha value is -1.71. The van der Waals surface area contributed by atoms with Crippen LogP contribution in [0.5, 0.6) is 0 Å². The molecule has 1 fully saturated rings. The molecule has 0 aliphatic carbocycles. The molecule has 2 aromatic heterocycles. The molecule has 0 bridgehead atoms. The molecule has 6 nitrogen and oxygen atoms in total. The Kier molecular flexibility index (Phi) is 4.61. The fraction of sp³-hybridized carbons (Fsp3) is 0.375. The van der Waals surface area contributed by atoms with Crippen molar-refractivity contribution >= 4 is 55.9 Å². The third kappa shape index (κ3) is 3.23. The second-order valence-electron chi connectivity index (χ2n) is 5.80. The van der Waals surface area contributed by atoms with Gasteiger partial charge in [0.25, 0.3) is 5.91 Å². The molecule has 3 aromatic rings. The normalized spacial score (nSPS) is 15.1. The number of thioether (sulfide) groups is 1. The Bertz CT molecular complexity index is 914. The van der Waals surface area contributed by atoms with Gasteiger partial charge in [-0.3, -0.25) is 4.79 Å². The Morgan fingerprint density at radius 2 is 2.04 bits per heavy atom. The van der Waals surface area contributed by atoms with Crippen molar-refractivity contribution in [3.63, 3.8) is 0 Å². The zero-order valence-corrected chi connectivity index (χ0v) is 16.4. The van der Waals surface area contributed by atoms with Gasteiger partial charge >= 0.3 is 0 Å². The van der Waals surface area contributed by atoms with Crippen molar-refractivity contribution in [2.75, 3.05) is 37.3 Å². The summed E-state index contributed by atoms with van der Waals surface area (Å²) in [6.07, 6.45) is 2.08. The number of aromatic nitrogens is 3. The van der Waals surface area contributed by atoms with Gasteiger partial charge in [0.1, 0.15) is 4.88 Å². The van der Waals surface area contributed by atoms with Crippen molar-refractivity contribution in [1.29, 1.82) is 0 Å². The van der Waals surface area contributed by atoms with Crippen LogP contribution in [0.4, 0.5) is 5.13 Å². The Morgan fingerprint density at radius 1 is 1.24 bits per heavy atom. The van der Waals surface area contributed by atoms with Gasteiger partial charge < -0.3 is 9.80 Å². The third-order valence-corrected chi connectivity index (χ3v) is 6.89. The second kappa shape index (κ2) is 6.89. The number of aryl methyl sites for hydroxylation is 1. The molecule has 1 amide bonds. The summed E-state index contributed by atoms with van der Waals surface area (Å²) in [4.78, 5) is 23.4. The predicted molar refractivity (Wildman–Crippen MR) is 104 cm³/mol. The van der Waals surface area contributed by atoms with E-state index < -0.39 is 0 Å². The molecule has 0 saturated carbocycles. The lowest BCUT2D eigenvalue weighted by Crippen LogP contribution is -2.48. The number of hydrogen-bond donors (Lipinski definition) is 0. The van der Waals surface area contributed by atoms with Crippen LogP contribution >= 0.6 is 34.6 Å². The number of amides is 1. The molecular formula is C16H17N5OS3. The minimum Gasteiger partial charge on any atom is -0.345 e. The first kappa shape index (κ1) is 16.7. The number of nitrogens with zero attached hydrogens (tertiary/aromatic N) is 5. The summed E-state index contributed by atoms with van der Waals surface area (Å²) in [5, 5.41) is 4.97. The van der Waals surface area contributed by atoms with Crippen molar-refractivity contribution in [3.05, 3.63) is 28.8 Å². The van der Waals surface area contributed by atoms with Gasteiger partial charge in [-0.25, -0.2) is 4.98 Å². The second-order valence-corrected chi connectivity index (χ2v) is 8.44. The minimum atomic E-state index is 0.0427. The highest BCUT2D eigenvalue weighted by Gasteiger charge is 2.26. The molecule has 0 unspecified atom stereocenters. The van der Waals surface area contributed by atoms with Crippen LogP contribution in [0, 0.1) is 6.92 Å². The van der Waals surface area contributed by atoms with Crippen molar-refractivity contribution < 1.29 is 4.79 Å². The van der Waals surface area contributed by atoms with Gasteiger partial charge in [-0.1, -0.05) is 15.8 Å². The number of thiazole rings is 1. The number of rotatable bonds is 3. The van der Waals surface area contributed by atoms with E-state index in [1.165, 1.54) is 21.1 Å². The minimum absolute atomic E-state index is 0.0427. The van der Waals surface area contributed by atoms with E-state index in [1.54, 1.807) is 23.1 Å². The first-order valence-corrected chi connectivity index (χ1v) is 10.7. The van der Waals surface area contributed by atoms with Gasteiger partial charge in [0.15, 0.2) is 5.13 Å². The summed E-state index contributed by atoms with van der Waals surface area (Å²) < 4.78 is 5.08. The summed E-state index contributed by atoms with van der Waals surface area (Å²) in [6, 6.07) is 6.39. The first-order valence-electron chi connectivity index (χ1n) is 7.93. The molecule has 25 heavy (non-hydrogen) atoms. The van der Waals surface area contributed by atoms with E-state index in [4.69, 9.17) is 4.98 Å². The van der Waals surface area contributed by atoms with Crippen molar-refractivity contribution in [2.24, 2.45) is 0 Å². The van der Waals surface area contributed by atoms with E-state index in [1.807, 2.05) is 11.8 Å². The fourth-order valence-electron chi connectivity index (χ4n) is 2.83. The van der Waals surface area contributed by atoms with E-state index in [0.29, 0.717) is 23.7 Å². The summed E-state index contributed by atoms with van der Waals surface area (Å²) in [7, 11) is 0. The summed E-state index contributed by atoms with van der Waals surface area (Å²) >= 11 is 4.64. The Morgan fingerprint density at radius 3 is 2.72 bits per heavy atom. The van der Waals surface area contributed by atoms with Gasteiger partial charge in [-0.05, 0) is 42.9 Å². The van der Waals surface area contributed by atoms with E-state index in [-0.39, 0.29) is 5.91 Å².